The van der Waals surface area contributed by atoms with Crippen LogP contribution in [0.15, 0.2) is 60.8 Å². The van der Waals surface area contributed by atoms with Crippen LogP contribution in [0, 0.1) is 6.92 Å². The number of nitrogens with one attached hydrogen (secondary N) is 1. The molecule has 3 aromatic rings. The van der Waals surface area contributed by atoms with E-state index >= 15 is 0 Å². The van der Waals surface area contributed by atoms with Gasteiger partial charge in [0.1, 0.15) is 0 Å². The third kappa shape index (κ3) is 4.70. The second-order valence-electron chi connectivity index (χ2n) is 8.01. The summed E-state index contributed by atoms with van der Waals surface area (Å²) in [5.74, 6) is 0. The zero-order valence-corrected chi connectivity index (χ0v) is 16.9. The highest BCUT2D eigenvalue weighted by Crippen LogP contribution is 2.24. The van der Waals surface area contributed by atoms with E-state index in [1.165, 1.54) is 48.2 Å². The van der Waals surface area contributed by atoms with Gasteiger partial charge in [0.2, 0.25) is 0 Å². The van der Waals surface area contributed by atoms with Gasteiger partial charge in [0, 0.05) is 29.9 Å². The largest absolute Gasteiger partial charge is 0.310 e. The minimum absolute atomic E-state index is 0.596. The fraction of sp³-hybridized carbons (Fsp3) is 0.375. The Balaban J connectivity index is 1.55. The van der Waals surface area contributed by atoms with Gasteiger partial charge in [0.05, 0.1) is 12.2 Å². The summed E-state index contributed by atoms with van der Waals surface area (Å²) in [4.78, 5) is 2.41. The summed E-state index contributed by atoms with van der Waals surface area (Å²) in [5, 5.41) is 8.74. The van der Waals surface area contributed by atoms with Gasteiger partial charge in [-0.2, -0.15) is 5.10 Å². The number of hydrogen-bond acceptors (Lipinski definition) is 3. The first-order chi connectivity index (χ1) is 13.7. The Morgan fingerprint density at radius 1 is 1.04 bits per heavy atom. The molecule has 1 aromatic heterocycles. The first kappa shape index (κ1) is 18.9. The molecule has 1 aliphatic heterocycles. The molecule has 4 rings (SSSR count). The van der Waals surface area contributed by atoms with Crippen molar-refractivity contribution in [2.24, 2.45) is 0 Å². The molecule has 0 spiro atoms. The summed E-state index contributed by atoms with van der Waals surface area (Å²) < 4.78 is 2.08. The molecule has 0 atom stereocenters. The number of benzene rings is 2. The van der Waals surface area contributed by atoms with Crippen molar-refractivity contribution >= 4 is 0 Å². The maximum atomic E-state index is 4.96. The van der Waals surface area contributed by atoms with Crippen LogP contribution in [0.5, 0.6) is 0 Å². The van der Waals surface area contributed by atoms with Gasteiger partial charge in [-0.1, -0.05) is 54.1 Å². The molecule has 0 bridgehead atoms. The highest BCUT2D eigenvalue weighted by atomic mass is 15.3. The van der Waals surface area contributed by atoms with Crippen LogP contribution in [0.3, 0.4) is 0 Å². The first-order valence-corrected chi connectivity index (χ1v) is 10.3. The van der Waals surface area contributed by atoms with Crippen molar-refractivity contribution in [1.82, 2.24) is 20.0 Å². The quantitative estimate of drug-likeness (QED) is 0.705. The van der Waals surface area contributed by atoms with E-state index in [9.17, 15) is 0 Å². The second kappa shape index (κ2) is 8.72. The molecule has 1 saturated heterocycles. The van der Waals surface area contributed by atoms with Crippen molar-refractivity contribution in [1.29, 1.82) is 0 Å². The molecule has 0 amide bonds. The molecule has 1 N–H and O–H groups in total. The van der Waals surface area contributed by atoms with Gasteiger partial charge < -0.3 is 10.2 Å². The molecule has 1 aliphatic rings. The summed E-state index contributed by atoms with van der Waals surface area (Å²) >= 11 is 0. The van der Waals surface area contributed by atoms with Gasteiger partial charge in [-0.25, -0.2) is 0 Å². The smallest absolute Gasteiger partial charge is 0.0968 e. The van der Waals surface area contributed by atoms with Crippen molar-refractivity contribution in [3.63, 3.8) is 0 Å². The average molecular weight is 375 g/mol. The van der Waals surface area contributed by atoms with Gasteiger partial charge in [0.15, 0.2) is 0 Å². The molecule has 1 fully saturated rings. The minimum Gasteiger partial charge on any atom is -0.310 e. The van der Waals surface area contributed by atoms with E-state index in [2.05, 4.69) is 89.7 Å². The van der Waals surface area contributed by atoms with Crippen LogP contribution in [0.25, 0.3) is 11.3 Å². The molecule has 0 unspecified atom stereocenters. The number of piperidine rings is 1. The molecule has 0 aliphatic carbocycles. The highest BCUT2D eigenvalue weighted by molar-refractivity contribution is 5.63. The maximum absolute atomic E-state index is 4.96. The summed E-state index contributed by atoms with van der Waals surface area (Å²) in [7, 11) is 2.21. The lowest BCUT2D eigenvalue weighted by molar-refractivity contribution is 0.234. The average Bonchev–Trinajstić information content (AvgIpc) is 3.11. The molecule has 2 aromatic carbocycles. The summed E-state index contributed by atoms with van der Waals surface area (Å²) in [5.41, 5.74) is 6.12. The van der Waals surface area contributed by atoms with E-state index in [4.69, 9.17) is 5.10 Å². The number of aryl methyl sites for hydroxylation is 1. The molecule has 146 valence electrons. The Bertz CT molecular complexity index is 892. The normalized spacial score (nSPS) is 15.8. The Labute approximate surface area is 168 Å². The third-order valence-corrected chi connectivity index (χ3v) is 5.62. The lowest BCUT2D eigenvalue weighted by atomic mass is 10.0. The molecular formula is C24H30N4. The monoisotopic (exact) mass is 374 g/mol. The van der Waals surface area contributed by atoms with Gasteiger partial charge >= 0.3 is 0 Å². The molecule has 0 radical (unpaired) electrons. The van der Waals surface area contributed by atoms with Gasteiger partial charge in [-0.05, 0) is 51.5 Å². The molecule has 2 heterocycles. The van der Waals surface area contributed by atoms with E-state index in [0.717, 1.165) is 18.8 Å². The van der Waals surface area contributed by atoms with E-state index in [-0.39, 0.29) is 0 Å². The fourth-order valence-corrected chi connectivity index (χ4v) is 3.95. The molecule has 28 heavy (non-hydrogen) atoms. The predicted octanol–water partition coefficient (Wildman–Crippen LogP) is 4.09. The highest BCUT2D eigenvalue weighted by Gasteiger charge is 2.18. The molecular weight excluding hydrogens is 344 g/mol. The zero-order valence-electron chi connectivity index (χ0n) is 16.9. The number of aromatic nitrogens is 2. The lowest BCUT2D eigenvalue weighted by Gasteiger charge is -2.29. The van der Waals surface area contributed by atoms with Gasteiger partial charge in [0.25, 0.3) is 0 Å². The van der Waals surface area contributed by atoms with Crippen LogP contribution < -0.4 is 5.32 Å². The predicted molar refractivity (Wildman–Crippen MR) is 115 cm³/mol. The van der Waals surface area contributed by atoms with Crippen LogP contribution in [-0.2, 0) is 13.1 Å². The number of rotatable bonds is 6. The minimum atomic E-state index is 0.596. The third-order valence-electron chi connectivity index (χ3n) is 5.62. The maximum Gasteiger partial charge on any atom is 0.0968 e. The van der Waals surface area contributed by atoms with E-state index in [1.807, 2.05) is 0 Å². The Morgan fingerprint density at radius 3 is 2.57 bits per heavy atom. The summed E-state index contributed by atoms with van der Waals surface area (Å²) in [6.45, 7) is 6.16. The van der Waals surface area contributed by atoms with Crippen LogP contribution in [0.1, 0.15) is 29.5 Å². The van der Waals surface area contributed by atoms with Crippen molar-refractivity contribution in [2.45, 2.75) is 38.9 Å². The molecule has 4 nitrogen and oxygen atoms in total. The van der Waals surface area contributed by atoms with Crippen molar-refractivity contribution in [2.75, 3.05) is 20.1 Å². The summed E-state index contributed by atoms with van der Waals surface area (Å²) in [6.07, 6.45) is 4.65. The lowest BCUT2D eigenvalue weighted by Crippen LogP contribution is -2.40. The van der Waals surface area contributed by atoms with Crippen LogP contribution >= 0.6 is 0 Å². The Kier molecular flexibility index (Phi) is 5.89. The van der Waals surface area contributed by atoms with Crippen LogP contribution in [-0.4, -0.2) is 40.9 Å². The van der Waals surface area contributed by atoms with Crippen LogP contribution in [0.2, 0.25) is 0 Å². The van der Waals surface area contributed by atoms with Gasteiger partial charge in [-0.3, -0.25) is 4.68 Å². The zero-order chi connectivity index (χ0) is 19.3. The first-order valence-electron chi connectivity index (χ1n) is 10.3. The SMILES string of the molecule is Cc1cccc(-c2nn(Cc3ccccc3)cc2CNC2CCN(C)CC2)c1. The number of nitrogens with zero attached hydrogens (tertiary/aromatic N) is 3. The second-order valence-corrected chi connectivity index (χ2v) is 8.01. The van der Waals surface area contributed by atoms with Crippen molar-refractivity contribution < 1.29 is 0 Å². The van der Waals surface area contributed by atoms with Crippen molar-refractivity contribution in [3.8, 4) is 11.3 Å². The topological polar surface area (TPSA) is 33.1 Å². The standard InChI is InChI=1S/C24H30N4/c1-19-7-6-10-21(15-19)24-22(16-25-23-11-13-27(2)14-12-23)18-28(26-24)17-20-8-4-3-5-9-20/h3-10,15,18,23,25H,11-14,16-17H2,1-2H3. The van der Waals surface area contributed by atoms with E-state index < -0.39 is 0 Å². The Morgan fingerprint density at radius 2 is 1.82 bits per heavy atom. The molecule has 0 saturated carbocycles. The number of likely N-dealkylation sites (tertiary alicyclic amines) is 1. The van der Waals surface area contributed by atoms with Crippen molar-refractivity contribution in [3.05, 3.63) is 77.5 Å². The fourth-order valence-electron chi connectivity index (χ4n) is 3.95. The van der Waals surface area contributed by atoms with Gasteiger partial charge in [-0.15, -0.1) is 0 Å². The van der Waals surface area contributed by atoms with E-state index in [0.29, 0.717) is 6.04 Å². The van der Waals surface area contributed by atoms with E-state index in [1.54, 1.807) is 0 Å². The summed E-state index contributed by atoms with van der Waals surface area (Å²) in [6, 6.07) is 19.8. The number of hydrogen-bond donors (Lipinski definition) is 1. The molecule has 4 heteroatoms. The Hall–Kier alpha value is -2.43. The van der Waals surface area contributed by atoms with Crippen LogP contribution in [0.4, 0.5) is 0 Å².